The van der Waals surface area contributed by atoms with Crippen molar-refractivity contribution in [1.29, 1.82) is 0 Å². The molecule has 2 rings (SSSR count). The van der Waals surface area contributed by atoms with Gasteiger partial charge in [0.25, 0.3) is 5.91 Å². The van der Waals surface area contributed by atoms with E-state index in [1.807, 2.05) is 0 Å². The SMILES string of the molecule is Cc1nnsc1C(=O)N(C)Cc1cn[nH]c1. The normalized spacial score (nSPS) is 10.4. The molecular formula is C9H11N5OS. The van der Waals surface area contributed by atoms with E-state index in [-0.39, 0.29) is 5.91 Å². The molecule has 2 heterocycles. The minimum absolute atomic E-state index is 0.0614. The molecule has 1 N–H and O–H groups in total. The standard InChI is InChI=1S/C9H11N5OS/c1-6-8(16-13-12-6)9(15)14(2)5-7-3-10-11-4-7/h3-4H,5H2,1-2H3,(H,10,11). The van der Waals surface area contributed by atoms with Crippen molar-refractivity contribution in [2.75, 3.05) is 7.05 Å². The molecule has 2 aromatic rings. The summed E-state index contributed by atoms with van der Waals surface area (Å²) in [6.45, 7) is 2.30. The zero-order chi connectivity index (χ0) is 11.5. The van der Waals surface area contributed by atoms with Gasteiger partial charge in [-0.2, -0.15) is 5.10 Å². The molecule has 0 unspecified atom stereocenters. The number of carbonyl (C=O) groups is 1. The fraction of sp³-hybridized carbons (Fsp3) is 0.333. The minimum Gasteiger partial charge on any atom is -0.336 e. The lowest BCUT2D eigenvalue weighted by atomic mass is 10.3. The van der Waals surface area contributed by atoms with Crippen LogP contribution in [0.2, 0.25) is 0 Å². The Bertz CT molecular complexity index is 478. The van der Waals surface area contributed by atoms with E-state index in [0.29, 0.717) is 17.1 Å². The van der Waals surface area contributed by atoms with Crippen molar-refractivity contribution in [2.24, 2.45) is 0 Å². The van der Waals surface area contributed by atoms with Gasteiger partial charge in [0.15, 0.2) is 0 Å². The van der Waals surface area contributed by atoms with Crippen LogP contribution in [0.4, 0.5) is 0 Å². The van der Waals surface area contributed by atoms with Crippen molar-refractivity contribution in [3.8, 4) is 0 Å². The Morgan fingerprint density at radius 2 is 2.44 bits per heavy atom. The lowest BCUT2D eigenvalue weighted by Gasteiger charge is -2.14. The maximum Gasteiger partial charge on any atom is 0.267 e. The van der Waals surface area contributed by atoms with Crippen LogP contribution in [0.1, 0.15) is 20.9 Å². The molecule has 0 fully saturated rings. The number of rotatable bonds is 3. The highest BCUT2D eigenvalue weighted by Gasteiger charge is 2.17. The molecule has 7 heteroatoms. The van der Waals surface area contributed by atoms with Crippen molar-refractivity contribution in [3.05, 3.63) is 28.5 Å². The summed E-state index contributed by atoms with van der Waals surface area (Å²) in [6.07, 6.45) is 3.46. The predicted molar refractivity (Wildman–Crippen MR) is 59.0 cm³/mol. The summed E-state index contributed by atoms with van der Waals surface area (Å²) in [5.74, 6) is -0.0614. The Hall–Kier alpha value is -1.76. The van der Waals surface area contributed by atoms with Crippen LogP contribution in [0, 0.1) is 6.92 Å². The van der Waals surface area contributed by atoms with Gasteiger partial charge in [0.2, 0.25) is 0 Å². The number of carbonyl (C=O) groups excluding carboxylic acids is 1. The van der Waals surface area contributed by atoms with Gasteiger partial charge in [0, 0.05) is 25.4 Å². The number of aryl methyl sites for hydroxylation is 1. The number of nitrogens with one attached hydrogen (secondary N) is 1. The summed E-state index contributed by atoms with van der Waals surface area (Å²) in [7, 11) is 1.74. The maximum absolute atomic E-state index is 12.0. The molecule has 0 aliphatic heterocycles. The van der Waals surface area contributed by atoms with Gasteiger partial charge in [-0.05, 0) is 18.5 Å². The van der Waals surface area contributed by atoms with Crippen molar-refractivity contribution in [2.45, 2.75) is 13.5 Å². The first kappa shape index (κ1) is 10.7. The number of hydrogen-bond donors (Lipinski definition) is 1. The molecule has 6 nitrogen and oxygen atoms in total. The van der Waals surface area contributed by atoms with Gasteiger partial charge in [0.1, 0.15) is 4.88 Å². The third-order valence-corrected chi connectivity index (χ3v) is 2.98. The van der Waals surface area contributed by atoms with E-state index in [4.69, 9.17) is 0 Å². The van der Waals surface area contributed by atoms with Crippen molar-refractivity contribution in [3.63, 3.8) is 0 Å². The fourth-order valence-corrected chi connectivity index (χ4v) is 1.96. The quantitative estimate of drug-likeness (QED) is 0.858. The molecule has 0 saturated heterocycles. The van der Waals surface area contributed by atoms with Gasteiger partial charge in [-0.25, -0.2) is 0 Å². The molecule has 2 aromatic heterocycles. The second-order valence-corrected chi connectivity index (χ2v) is 4.21. The number of H-pyrrole nitrogens is 1. The minimum atomic E-state index is -0.0614. The molecule has 0 bridgehead atoms. The first-order valence-corrected chi connectivity index (χ1v) is 5.48. The first-order chi connectivity index (χ1) is 7.68. The van der Waals surface area contributed by atoms with E-state index in [1.165, 1.54) is 0 Å². The van der Waals surface area contributed by atoms with E-state index >= 15 is 0 Å². The van der Waals surface area contributed by atoms with Crippen LogP contribution in [0.5, 0.6) is 0 Å². The lowest BCUT2D eigenvalue weighted by Crippen LogP contribution is -2.25. The van der Waals surface area contributed by atoms with Crippen LogP contribution in [-0.4, -0.2) is 37.6 Å². The van der Waals surface area contributed by atoms with E-state index in [9.17, 15) is 4.79 Å². The van der Waals surface area contributed by atoms with Gasteiger partial charge < -0.3 is 4.90 Å². The van der Waals surface area contributed by atoms with Crippen molar-refractivity contribution in [1.82, 2.24) is 24.7 Å². The van der Waals surface area contributed by atoms with Gasteiger partial charge >= 0.3 is 0 Å². The number of hydrogen-bond acceptors (Lipinski definition) is 5. The zero-order valence-electron chi connectivity index (χ0n) is 8.97. The van der Waals surface area contributed by atoms with Gasteiger partial charge in [-0.1, -0.05) is 4.49 Å². The average Bonchev–Trinajstić information content (AvgIpc) is 2.88. The van der Waals surface area contributed by atoms with E-state index in [0.717, 1.165) is 17.1 Å². The Kier molecular flexibility index (Phi) is 2.95. The second-order valence-electron chi connectivity index (χ2n) is 3.46. The lowest BCUT2D eigenvalue weighted by molar-refractivity contribution is 0.0789. The molecule has 0 aliphatic carbocycles. The molecule has 1 amide bonds. The van der Waals surface area contributed by atoms with E-state index in [2.05, 4.69) is 19.8 Å². The molecule has 0 atom stereocenters. The van der Waals surface area contributed by atoms with Crippen LogP contribution in [0.25, 0.3) is 0 Å². The Balaban J connectivity index is 2.08. The summed E-state index contributed by atoms with van der Waals surface area (Å²) in [5, 5.41) is 10.4. The number of nitrogens with zero attached hydrogens (tertiary/aromatic N) is 4. The highest BCUT2D eigenvalue weighted by Crippen LogP contribution is 2.13. The molecule has 0 radical (unpaired) electrons. The summed E-state index contributed by atoms with van der Waals surface area (Å²) in [5.41, 5.74) is 1.64. The summed E-state index contributed by atoms with van der Waals surface area (Å²) < 4.78 is 3.75. The largest absolute Gasteiger partial charge is 0.336 e. The first-order valence-electron chi connectivity index (χ1n) is 4.70. The summed E-state index contributed by atoms with van der Waals surface area (Å²) in [4.78, 5) is 14.2. The topological polar surface area (TPSA) is 74.8 Å². The van der Waals surface area contributed by atoms with Crippen LogP contribution in [0.3, 0.4) is 0 Å². The van der Waals surface area contributed by atoms with Gasteiger partial charge in [-0.3, -0.25) is 9.89 Å². The molecule has 0 spiro atoms. The predicted octanol–water partition coefficient (Wildman–Crippen LogP) is 0.842. The highest BCUT2D eigenvalue weighted by atomic mass is 32.1. The number of aromatic nitrogens is 4. The number of amides is 1. The third kappa shape index (κ3) is 2.08. The average molecular weight is 237 g/mol. The Morgan fingerprint density at radius 1 is 1.62 bits per heavy atom. The summed E-state index contributed by atoms with van der Waals surface area (Å²) in [6, 6.07) is 0. The summed E-state index contributed by atoms with van der Waals surface area (Å²) >= 11 is 1.12. The molecule has 0 aromatic carbocycles. The Labute approximate surface area is 96.5 Å². The third-order valence-electron chi connectivity index (χ3n) is 2.17. The molecule has 0 aliphatic rings. The highest BCUT2D eigenvalue weighted by molar-refractivity contribution is 7.07. The van der Waals surface area contributed by atoms with Crippen LogP contribution in [-0.2, 0) is 6.54 Å². The zero-order valence-corrected chi connectivity index (χ0v) is 9.78. The van der Waals surface area contributed by atoms with Crippen LogP contribution >= 0.6 is 11.5 Å². The van der Waals surface area contributed by atoms with E-state index < -0.39 is 0 Å². The van der Waals surface area contributed by atoms with Crippen molar-refractivity contribution >= 4 is 17.4 Å². The molecule has 16 heavy (non-hydrogen) atoms. The maximum atomic E-state index is 12.0. The smallest absolute Gasteiger partial charge is 0.267 e. The molecule has 84 valence electrons. The fourth-order valence-electron chi connectivity index (χ4n) is 1.31. The van der Waals surface area contributed by atoms with Crippen LogP contribution in [0.15, 0.2) is 12.4 Å². The van der Waals surface area contributed by atoms with Crippen LogP contribution < -0.4 is 0 Å². The monoisotopic (exact) mass is 237 g/mol. The van der Waals surface area contributed by atoms with E-state index in [1.54, 1.807) is 31.3 Å². The van der Waals surface area contributed by atoms with Crippen molar-refractivity contribution < 1.29 is 4.79 Å². The van der Waals surface area contributed by atoms with Gasteiger partial charge in [0.05, 0.1) is 11.9 Å². The molecule has 0 saturated carbocycles. The number of aromatic amines is 1. The molecular weight excluding hydrogens is 226 g/mol. The Morgan fingerprint density at radius 3 is 3.00 bits per heavy atom. The second kappa shape index (κ2) is 4.40. The van der Waals surface area contributed by atoms with Gasteiger partial charge in [-0.15, -0.1) is 5.10 Å².